The highest BCUT2D eigenvalue weighted by Gasteiger charge is 2.52. The van der Waals surface area contributed by atoms with Crippen molar-refractivity contribution in [3.63, 3.8) is 0 Å². The van der Waals surface area contributed by atoms with E-state index in [-0.39, 0.29) is 5.91 Å². The molecule has 2 aromatic carbocycles. The lowest BCUT2D eigenvalue weighted by atomic mass is 9.94. The molecule has 0 N–H and O–H groups in total. The minimum Gasteiger partial charge on any atom is -0.341 e. The van der Waals surface area contributed by atoms with Crippen LogP contribution < -0.4 is 0 Å². The van der Waals surface area contributed by atoms with Crippen molar-refractivity contribution in [3.8, 4) is 5.69 Å². The molecule has 1 aromatic heterocycles. The van der Waals surface area contributed by atoms with Crippen molar-refractivity contribution >= 4 is 17.5 Å². The van der Waals surface area contributed by atoms with Gasteiger partial charge in [-0.3, -0.25) is 4.79 Å². The summed E-state index contributed by atoms with van der Waals surface area (Å²) in [7, 11) is 1.89. The Kier molecular flexibility index (Phi) is 4.76. The smallest absolute Gasteiger partial charge is 0.233 e. The number of rotatable bonds is 5. The number of amides is 1. The molecular formula is C23H24ClN3O. The molecule has 4 nitrogen and oxygen atoms in total. The van der Waals surface area contributed by atoms with E-state index in [2.05, 4.69) is 6.92 Å². The number of benzene rings is 2. The standard InChI is InChI=1S/C23H24ClN3O/c1-16-21(17(2)27(25-16)20-7-5-4-6-8-20)15-26(3)22(28)23(13-14-23)18-9-11-19(24)12-10-18/h4-12H,13-15H2,1-3H3. The van der Waals surface area contributed by atoms with Crippen LogP contribution in [0.4, 0.5) is 0 Å². The molecule has 1 saturated carbocycles. The predicted octanol–water partition coefficient (Wildman–Crippen LogP) is 4.83. The van der Waals surface area contributed by atoms with Crippen LogP contribution in [0.3, 0.4) is 0 Å². The van der Waals surface area contributed by atoms with Crippen LogP contribution in [-0.2, 0) is 16.8 Å². The van der Waals surface area contributed by atoms with Gasteiger partial charge in [-0.15, -0.1) is 0 Å². The van der Waals surface area contributed by atoms with Gasteiger partial charge in [-0.1, -0.05) is 41.9 Å². The molecule has 1 amide bonds. The maximum Gasteiger partial charge on any atom is 0.233 e. The van der Waals surface area contributed by atoms with Gasteiger partial charge in [-0.05, 0) is 56.5 Å². The molecule has 1 aliphatic carbocycles. The monoisotopic (exact) mass is 393 g/mol. The first kappa shape index (κ1) is 18.8. The van der Waals surface area contributed by atoms with Gasteiger partial charge < -0.3 is 4.90 Å². The van der Waals surface area contributed by atoms with Crippen LogP contribution in [0.2, 0.25) is 5.02 Å². The quantitative estimate of drug-likeness (QED) is 0.622. The molecule has 1 heterocycles. The molecule has 0 aliphatic heterocycles. The number of para-hydroxylation sites is 1. The molecule has 1 fully saturated rings. The molecule has 4 rings (SSSR count). The average molecular weight is 394 g/mol. The maximum absolute atomic E-state index is 13.3. The third kappa shape index (κ3) is 3.22. The zero-order chi connectivity index (χ0) is 19.9. The Labute approximate surface area is 170 Å². The number of halogens is 1. The van der Waals surface area contributed by atoms with Crippen LogP contribution in [0.25, 0.3) is 5.69 Å². The summed E-state index contributed by atoms with van der Waals surface area (Å²) in [5, 5.41) is 5.40. The number of hydrogen-bond donors (Lipinski definition) is 0. The van der Waals surface area contributed by atoms with E-state index in [9.17, 15) is 4.79 Å². The first-order valence-corrected chi connectivity index (χ1v) is 9.92. The molecule has 0 atom stereocenters. The summed E-state index contributed by atoms with van der Waals surface area (Å²) in [6.45, 7) is 4.62. The Morgan fingerprint density at radius 1 is 1.11 bits per heavy atom. The van der Waals surface area contributed by atoms with Gasteiger partial charge in [0.25, 0.3) is 0 Å². The van der Waals surface area contributed by atoms with Crippen molar-refractivity contribution in [2.75, 3.05) is 7.05 Å². The molecule has 0 unspecified atom stereocenters. The van der Waals surface area contributed by atoms with Crippen molar-refractivity contribution < 1.29 is 4.79 Å². The summed E-state index contributed by atoms with van der Waals surface area (Å²) in [4.78, 5) is 15.1. The summed E-state index contributed by atoms with van der Waals surface area (Å²) in [5.41, 5.74) is 4.82. The fraction of sp³-hybridized carbons (Fsp3) is 0.304. The van der Waals surface area contributed by atoms with E-state index >= 15 is 0 Å². The number of carbonyl (C=O) groups excluding carboxylic acids is 1. The fourth-order valence-electron chi connectivity index (χ4n) is 3.92. The van der Waals surface area contributed by atoms with Crippen LogP contribution in [0.1, 0.15) is 35.4 Å². The Balaban J connectivity index is 1.57. The van der Waals surface area contributed by atoms with E-state index in [4.69, 9.17) is 16.7 Å². The van der Waals surface area contributed by atoms with E-state index in [1.807, 2.05) is 78.2 Å². The molecule has 3 aromatic rings. The van der Waals surface area contributed by atoms with Crippen molar-refractivity contribution in [1.82, 2.24) is 14.7 Å². The van der Waals surface area contributed by atoms with Crippen LogP contribution >= 0.6 is 11.6 Å². The molecule has 144 valence electrons. The summed E-state index contributed by atoms with van der Waals surface area (Å²) in [6.07, 6.45) is 1.78. The molecule has 28 heavy (non-hydrogen) atoms. The molecule has 0 spiro atoms. The average Bonchev–Trinajstić information content (AvgIpc) is 3.47. The number of aryl methyl sites for hydroxylation is 1. The highest BCUT2D eigenvalue weighted by atomic mass is 35.5. The van der Waals surface area contributed by atoms with Crippen LogP contribution in [0.5, 0.6) is 0 Å². The van der Waals surface area contributed by atoms with Crippen LogP contribution in [0.15, 0.2) is 54.6 Å². The molecular weight excluding hydrogens is 370 g/mol. The Bertz CT molecular complexity index is 1000. The highest BCUT2D eigenvalue weighted by molar-refractivity contribution is 6.30. The number of nitrogens with zero attached hydrogens (tertiary/aromatic N) is 3. The molecule has 0 saturated heterocycles. The summed E-state index contributed by atoms with van der Waals surface area (Å²) in [6, 6.07) is 17.8. The van der Waals surface area contributed by atoms with Crippen molar-refractivity contribution in [2.45, 2.75) is 38.6 Å². The van der Waals surface area contributed by atoms with Crippen LogP contribution in [-0.4, -0.2) is 27.6 Å². The SMILES string of the molecule is Cc1nn(-c2ccccc2)c(C)c1CN(C)C(=O)C1(c2ccc(Cl)cc2)CC1. The van der Waals surface area contributed by atoms with Gasteiger partial charge in [0.2, 0.25) is 5.91 Å². The van der Waals surface area contributed by atoms with E-state index < -0.39 is 5.41 Å². The van der Waals surface area contributed by atoms with E-state index in [1.54, 1.807) is 0 Å². The molecule has 0 bridgehead atoms. The normalized spacial score (nSPS) is 14.7. The van der Waals surface area contributed by atoms with E-state index in [0.717, 1.165) is 41.0 Å². The lowest BCUT2D eigenvalue weighted by Gasteiger charge is -2.24. The third-order valence-corrected chi connectivity index (χ3v) is 5.99. The lowest BCUT2D eigenvalue weighted by molar-refractivity contribution is -0.133. The Hall–Kier alpha value is -2.59. The van der Waals surface area contributed by atoms with Gasteiger partial charge in [0, 0.05) is 29.9 Å². The van der Waals surface area contributed by atoms with E-state index in [0.29, 0.717) is 11.6 Å². The van der Waals surface area contributed by atoms with Gasteiger partial charge in [-0.2, -0.15) is 5.10 Å². The molecule has 0 radical (unpaired) electrons. The summed E-state index contributed by atoms with van der Waals surface area (Å²) in [5.74, 6) is 0.168. The highest BCUT2D eigenvalue weighted by Crippen LogP contribution is 2.49. The zero-order valence-corrected chi connectivity index (χ0v) is 17.2. The Morgan fingerprint density at radius 2 is 1.75 bits per heavy atom. The lowest BCUT2D eigenvalue weighted by Crippen LogP contribution is -2.36. The van der Waals surface area contributed by atoms with Crippen LogP contribution in [0, 0.1) is 13.8 Å². The first-order valence-electron chi connectivity index (χ1n) is 9.54. The van der Waals surface area contributed by atoms with E-state index in [1.165, 1.54) is 0 Å². The van der Waals surface area contributed by atoms with Crippen molar-refractivity contribution in [2.24, 2.45) is 0 Å². The van der Waals surface area contributed by atoms with Crippen molar-refractivity contribution in [1.29, 1.82) is 0 Å². The van der Waals surface area contributed by atoms with Gasteiger partial charge in [0.15, 0.2) is 0 Å². The second kappa shape index (κ2) is 7.10. The van der Waals surface area contributed by atoms with Gasteiger partial charge in [0.05, 0.1) is 16.8 Å². The van der Waals surface area contributed by atoms with Gasteiger partial charge in [-0.25, -0.2) is 4.68 Å². The predicted molar refractivity (Wildman–Crippen MR) is 112 cm³/mol. The van der Waals surface area contributed by atoms with Gasteiger partial charge in [0.1, 0.15) is 0 Å². The number of likely N-dealkylation sites (N-methyl/N-ethyl adjacent to an activating group) is 1. The second-order valence-electron chi connectivity index (χ2n) is 7.65. The number of hydrogen-bond acceptors (Lipinski definition) is 2. The maximum atomic E-state index is 13.3. The zero-order valence-electron chi connectivity index (χ0n) is 16.4. The minimum atomic E-state index is -0.392. The van der Waals surface area contributed by atoms with Gasteiger partial charge >= 0.3 is 0 Å². The Morgan fingerprint density at radius 3 is 2.36 bits per heavy atom. The fourth-order valence-corrected chi connectivity index (χ4v) is 4.04. The topological polar surface area (TPSA) is 38.1 Å². The largest absolute Gasteiger partial charge is 0.341 e. The summed E-state index contributed by atoms with van der Waals surface area (Å²) < 4.78 is 1.95. The minimum absolute atomic E-state index is 0.168. The third-order valence-electron chi connectivity index (χ3n) is 5.74. The summed E-state index contributed by atoms with van der Waals surface area (Å²) >= 11 is 6.01. The second-order valence-corrected chi connectivity index (χ2v) is 8.08. The van der Waals surface area contributed by atoms with Crippen molar-refractivity contribution in [3.05, 3.63) is 82.1 Å². The first-order chi connectivity index (χ1) is 13.4. The molecule has 1 aliphatic rings. The molecule has 5 heteroatoms. The number of carbonyl (C=O) groups is 1. The number of aromatic nitrogens is 2.